The summed E-state index contributed by atoms with van der Waals surface area (Å²) in [5.41, 5.74) is 5.40. The number of oxime groups is 1. The van der Waals surface area contributed by atoms with Gasteiger partial charge < -0.3 is 34.2 Å². The average Bonchev–Trinajstić information content (AvgIpc) is 3.31. The summed E-state index contributed by atoms with van der Waals surface area (Å²) < 4.78 is 21.0. The lowest BCUT2D eigenvalue weighted by Gasteiger charge is -2.60. The topological polar surface area (TPSA) is 153 Å². The summed E-state index contributed by atoms with van der Waals surface area (Å²) in [5.74, 6) is -0.270. The molecule has 3 aliphatic rings. The lowest BCUT2D eigenvalue weighted by Crippen LogP contribution is -2.70. The molecule has 0 spiro atoms. The Morgan fingerprint density at radius 2 is 1.66 bits per heavy atom. The Balaban J connectivity index is 1.36. The Kier molecular flexibility index (Phi) is 15.5. The number of hydrogen-bond donors (Lipinski definition) is 2. The third kappa shape index (κ3) is 9.99. The molecule has 1 fully saturated rings. The zero-order valence-electron chi connectivity index (χ0n) is 36.7. The molecular formula is C52H59N3O9. The van der Waals surface area contributed by atoms with Crippen LogP contribution in [0.4, 0.5) is 5.69 Å². The summed E-state index contributed by atoms with van der Waals surface area (Å²) in [5, 5.41) is 35.8. The van der Waals surface area contributed by atoms with Gasteiger partial charge >= 0.3 is 0 Å². The van der Waals surface area contributed by atoms with Crippen molar-refractivity contribution in [1.82, 2.24) is 4.90 Å². The number of nitro groups is 1. The Hall–Kier alpha value is -6.08. The van der Waals surface area contributed by atoms with Gasteiger partial charge in [-0.05, 0) is 115 Å². The number of ether oxygens (including phenoxy) is 3. The molecule has 1 aliphatic heterocycles. The number of benzene rings is 4. The molecule has 0 bridgehead atoms. The van der Waals surface area contributed by atoms with Crippen LogP contribution in [0.2, 0.25) is 0 Å². The molecule has 4 aromatic rings. The molecule has 7 rings (SSSR count). The molecule has 2 N–H and O–H groups in total. The molecule has 6 atom stereocenters. The third-order valence-electron chi connectivity index (χ3n) is 12.7. The van der Waals surface area contributed by atoms with E-state index in [0.717, 1.165) is 47.9 Å². The van der Waals surface area contributed by atoms with Gasteiger partial charge in [-0.1, -0.05) is 79.5 Å². The molecule has 12 nitrogen and oxygen atoms in total. The highest BCUT2D eigenvalue weighted by Crippen LogP contribution is 2.62. The van der Waals surface area contributed by atoms with Crippen LogP contribution in [0.1, 0.15) is 75.3 Å². The van der Waals surface area contributed by atoms with Gasteiger partial charge in [0.2, 0.25) is 11.7 Å². The van der Waals surface area contributed by atoms with Crippen LogP contribution >= 0.6 is 0 Å². The lowest BCUT2D eigenvalue weighted by atomic mass is 9.55. The molecule has 1 saturated carbocycles. The van der Waals surface area contributed by atoms with Crippen molar-refractivity contribution >= 4 is 23.4 Å². The van der Waals surface area contributed by atoms with Gasteiger partial charge in [0.25, 0.3) is 5.69 Å². The fraction of sp³-hybridized carbons (Fsp3) is 0.385. The first-order valence-corrected chi connectivity index (χ1v) is 22.4. The van der Waals surface area contributed by atoms with Crippen LogP contribution in [0.5, 0.6) is 17.2 Å². The van der Waals surface area contributed by atoms with Crippen molar-refractivity contribution in [3.05, 3.63) is 149 Å². The number of carbonyl (C=O) groups excluding carboxylic acids is 1. The standard InChI is InChI=1S/C52H59N3O9/c1-4-29-54(49(58)28-19-36-17-22-40(23-18-36)55(59)60)48-35-46(53-61-3)44-33-39(15-9-11-30-56)43(16-10-12-31-57)50-45-34-42(26-27-47(45)64-52(48,51(44)50)62-32-5-2)63-41-24-20-38(21-25-41)37-13-7-6-8-14-37/h5-8,13-14,17-28,33-34,39,43,48,50-51,56-57H,2,4,9-12,15-16,29-32,35H2,1,3H3. The Bertz CT molecular complexity index is 2310. The van der Waals surface area contributed by atoms with E-state index >= 15 is 0 Å². The van der Waals surface area contributed by atoms with Gasteiger partial charge in [-0.15, -0.1) is 6.58 Å². The van der Waals surface area contributed by atoms with E-state index in [0.29, 0.717) is 54.3 Å². The van der Waals surface area contributed by atoms with E-state index in [4.69, 9.17) is 19.0 Å². The number of unbranched alkanes of at least 4 members (excludes halogenated alkanes) is 2. The van der Waals surface area contributed by atoms with Gasteiger partial charge in [-0.3, -0.25) is 14.9 Å². The smallest absolute Gasteiger partial charge is 0.269 e. The molecule has 0 saturated heterocycles. The number of nitrogens with zero attached hydrogens (tertiary/aromatic N) is 3. The van der Waals surface area contributed by atoms with Crippen molar-refractivity contribution < 1.29 is 39.0 Å². The SMILES string of the molecule is C=CCOC12Oc3ccc(Oc4ccc(-c5ccccc5)cc4)cc3C3C(CCCCO)C(CCCCO)C=C(C(=NOC)CC1N(CCC)C(=O)C=Cc1ccc([N+](=O)[O-])cc1)C32. The van der Waals surface area contributed by atoms with Crippen LogP contribution < -0.4 is 9.47 Å². The van der Waals surface area contributed by atoms with E-state index in [1.807, 2.05) is 61.5 Å². The van der Waals surface area contributed by atoms with Gasteiger partial charge in [-0.2, -0.15) is 0 Å². The van der Waals surface area contributed by atoms with E-state index in [1.54, 1.807) is 29.2 Å². The zero-order chi connectivity index (χ0) is 45.1. The van der Waals surface area contributed by atoms with Crippen molar-refractivity contribution in [1.29, 1.82) is 0 Å². The van der Waals surface area contributed by atoms with Crippen LogP contribution in [0.25, 0.3) is 17.2 Å². The van der Waals surface area contributed by atoms with E-state index in [-0.39, 0.29) is 55.6 Å². The van der Waals surface area contributed by atoms with Gasteiger partial charge in [-0.25, -0.2) is 0 Å². The van der Waals surface area contributed by atoms with Crippen molar-refractivity contribution in [2.24, 2.45) is 22.9 Å². The molecule has 0 radical (unpaired) electrons. The minimum absolute atomic E-state index is 0.0355. The molecule has 336 valence electrons. The van der Waals surface area contributed by atoms with E-state index in [1.165, 1.54) is 25.3 Å². The molecule has 1 heterocycles. The molecule has 6 unspecified atom stereocenters. The number of hydrogen-bond acceptors (Lipinski definition) is 10. The molecule has 2 aliphatic carbocycles. The van der Waals surface area contributed by atoms with Crippen LogP contribution in [-0.2, 0) is 14.4 Å². The first kappa shape index (κ1) is 45.9. The highest BCUT2D eigenvalue weighted by atomic mass is 16.7. The number of fused-ring (bicyclic) bond motifs is 2. The molecule has 12 heteroatoms. The predicted molar refractivity (Wildman–Crippen MR) is 248 cm³/mol. The number of aliphatic hydroxyl groups is 2. The number of nitro benzene ring substituents is 1. The monoisotopic (exact) mass is 869 g/mol. The Labute approximate surface area is 375 Å². The maximum atomic E-state index is 14.6. The Morgan fingerprint density at radius 1 is 0.953 bits per heavy atom. The number of allylic oxidation sites excluding steroid dienone is 1. The van der Waals surface area contributed by atoms with Crippen molar-refractivity contribution in [2.75, 3.05) is 33.5 Å². The van der Waals surface area contributed by atoms with Gasteiger partial charge in [0, 0.05) is 55.9 Å². The minimum Gasteiger partial charge on any atom is -0.459 e. The summed E-state index contributed by atoms with van der Waals surface area (Å²) in [6, 6.07) is 29.5. The molecule has 0 aromatic heterocycles. The number of carbonyl (C=O) groups is 1. The Morgan fingerprint density at radius 3 is 2.33 bits per heavy atom. The fourth-order valence-corrected chi connectivity index (χ4v) is 9.94. The summed E-state index contributed by atoms with van der Waals surface area (Å²) >= 11 is 0. The highest BCUT2D eigenvalue weighted by molar-refractivity contribution is 6.03. The summed E-state index contributed by atoms with van der Waals surface area (Å²) in [6.45, 7) is 6.73. The van der Waals surface area contributed by atoms with Crippen molar-refractivity contribution in [2.45, 2.75) is 76.0 Å². The number of amides is 1. The van der Waals surface area contributed by atoms with Gasteiger partial charge in [0.05, 0.1) is 23.2 Å². The summed E-state index contributed by atoms with van der Waals surface area (Å²) in [4.78, 5) is 32.9. The lowest BCUT2D eigenvalue weighted by molar-refractivity contribution is -0.384. The van der Waals surface area contributed by atoms with Crippen LogP contribution in [0.3, 0.4) is 0 Å². The van der Waals surface area contributed by atoms with Crippen LogP contribution in [0.15, 0.2) is 133 Å². The summed E-state index contributed by atoms with van der Waals surface area (Å²) in [7, 11) is 1.53. The zero-order valence-corrected chi connectivity index (χ0v) is 36.7. The van der Waals surface area contributed by atoms with Gasteiger partial charge in [0.15, 0.2) is 0 Å². The second kappa shape index (κ2) is 21.5. The van der Waals surface area contributed by atoms with Crippen molar-refractivity contribution in [3.63, 3.8) is 0 Å². The van der Waals surface area contributed by atoms with Crippen LogP contribution in [-0.4, -0.2) is 77.0 Å². The number of non-ortho nitro benzene ring substituents is 1. The molecule has 4 aromatic carbocycles. The normalized spacial score (nSPS) is 22.8. The molecule has 64 heavy (non-hydrogen) atoms. The van der Waals surface area contributed by atoms with E-state index < -0.39 is 22.7 Å². The molecular weight excluding hydrogens is 811 g/mol. The first-order valence-electron chi connectivity index (χ1n) is 22.4. The summed E-state index contributed by atoms with van der Waals surface area (Å²) in [6.07, 6.45) is 12.6. The minimum atomic E-state index is -1.41. The first-order chi connectivity index (χ1) is 31.2. The maximum absolute atomic E-state index is 14.6. The highest BCUT2D eigenvalue weighted by Gasteiger charge is 2.65. The second-order valence-electron chi connectivity index (χ2n) is 16.7. The third-order valence-corrected chi connectivity index (χ3v) is 12.7. The van der Waals surface area contributed by atoms with Gasteiger partial charge in [0.1, 0.15) is 30.4 Å². The van der Waals surface area contributed by atoms with E-state index in [2.05, 4.69) is 36.0 Å². The predicted octanol–water partition coefficient (Wildman–Crippen LogP) is 10.3. The second-order valence-corrected chi connectivity index (χ2v) is 16.7. The maximum Gasteiger partial charge on any atom is 0.269 e. The fourth-order valence-electron chi connectivity index (χ4n) is 9.94. The van der Waals surface area contributed by atoms with Crippen molar-refractivity contribution in [3.8, 4) is 28.4 Å². The largest absolute Gasteiger partial charge is 0.459 e. The van der Waals surface area contributed by atoms with E-state index in [9.17, 15) is 25.1 Å². The average molecular weight is 870 g/mol. The van der Waals surface area contributed by atoms with Crippen LogP contribution in [0, 0.1) is 27.9 Å². The number of rotatable bonds is 21. The molecule has 1 amide bonds. The number of aliphatic hydroxyl groups excluding tert-OH is 2. The quantitative estimate of drug-likeness (QED) is 0.0274.